The van der Waals surface area contributed by atoms with Crippen molar-refractivity contribution in [3.63, 3.8) is 0 Å². The summed E-state index contributed by atoms with van der Waals surface area (Å²) in [5, 5.41) is 3.01. The molecular weight excluding hydrogens is 288 g/mol. The van der Waals surface area contributed by atoms with Gasteiger partial charge in [-0.2, -0.15) is 0 Å². The fraction of sp³-hybridized carbons (Fsp3) is 0.368. The minimum Gasteiger partial charge on any atom is -0.381 e. The number of pyridine rings is 1. The van der Waals surface area contributed by atoms with E-state index < -0.39 is 0 Å². The zero-order valence-electron chi connectivity index (χ0n) is 13.4. The molecule has 1 saturated heterocycles. The normalized spacial score (nSPS) is 17.2. The first-order valence-electron chi connectivity index (χ1n) is 8.11. The Labute approximate surface area is 136 Å². The lowest BCUT2D eigenvalue weighted by molar-refractivity contribution is 0.0950. The molecule has 4 nitrogen and oxygen atoms in total. The van der Waals surface area contributed by atoms with Gasteiger partial charge in [-0.1, -0.05) is 12.1 Å². The van der Waals surface area contributed by atoms with Crippen molar-refractivity contribution in [2.45, 2.75) is 19.8 Å². The molecule has 0 bridgehead atoms. The van der Waals surface area contributed by atoms with Gasteiger partial charge in [0.25, 0.3) is 5.91 Å². The van der Waals surface area contributed by atoms with Crippen LogP contribution in [0.4, 0.5) is 0 Å². The SMILES string of the molecule is Cc1cc(-c2cccc(C(=O)NCCC3CCOC3)c2)ccn1. The van der Waals surface area contributed by atoms with E-state index in [4.69, 9.17) is 4.74 Å². The van der Waals surface area contributed by atoms with Crippen molar-refractivity contribution in [2.24, 2.45) is 5.92 Å². The van der Waals surface area contributed by atoms with E-state index >= 15 is 0 Å². The fourth-order valence-corrected chi connectivity index (χ4v) is 2.87. The Morgan fingerprint density at radius 2 is 2.17 bits per heavy atom. The third-order valence-corrected chi connectivity index (χ3v) is 4.22. The molecule has 120 valence electrons. The lowest BCUT2D eigenvalue weighted by Gasteiger charge is -2.10. The third kappa shape index (κ3) is 4.17. The van der Waals surface area contributed by atoms with E-state index in [2.05, 4.69) is 10.3 Å². The summed E-state index contributed by atoms with van der Waals surface area (Å²) in [5.74, 6) is 0.568. The van der Waals surface area contributed by atoms with Crippen LogP contribution >= 0.6 is 0 Å². The molecule has 0 aliphatic carbocycles. The molecule has 0 saturated carbocycles. The van der Waals surface area contributed by atoms with Gasteiger partial charge in [0.15, 0.2) is 0 Å². The molecule has 23 heavy (non-hydrogen) atoms. The highest BCUT2D eigenvalue weighted by molar-refractivity contribution is 5.95. The average molecular weight is 310 g/mol. The summed E-state index contributed by atoms with van der Waals surface area (Å²) in [7, 11) is 0. The molecule has 0 spiro atoms. The van der Waals surface area contributed by atoms with Crippen LogP contribution in [0.2, 0.25) is 0 Å². The maximum atomic E-state index is 12.3. The number of hydrogen-bond donors (Lipinski definition) is 1. The van der Waals surface area contributed by atoms with Crippen molar-refractivity contribution in [1.82, 2.24) is 10.3 Å². The van der Waals surface area contributed by atoms with Gasteiger partial charge in [-0.25, -0.2) is 0 Å². The van der Waals surface area contributed by atoms with Crippen LogP contribution in [-0.2, 0) is 4.74 Å². The zero-order chi connectivity index (χ0) is 16.1. The molecule has 1 N–H and O–H groups in total. The minimum atomic E-state index is -0.0171. The van der Waals surface area contributed by atoms with Gasteiger partial charge in [-0.15, -0.1) is 0 Å². The molecule has 1 unspecified atom stereocenters. The van der Waals surface area contributed by atoms with Crippen LogP contribution in [0, 0.1) is 12.8 Å². The first-order chi connectivity index (χ1) is 11.2. The molecule has 1 aliphatic rings. The molecule has 1 fully saturated rings. The topological polar surface area (TPSA) is 51.2 Å². The molecular formula is C19H22N2O2. The average Bonchev–Trinajstić information content (AvgIpc) is 3.08. The number of nitrogens with zero attached hydrogens (tertiary/aromatic N) is 1. The minimum absolute atomic E-state index is 0.0171. The van der Waals surface area contributed by atoms with E-state index in [-0.39, 0.29) is 5.91 Å². The number of aromatic nitrogens is 1. The van der Waals surface area contributed by atoms with Crippen LogP contribution in [0.25, 0.3) is 11.1 Å². The third-order valence-electron chi connectivity index (χ3n) is 4.22. The van der Waals surface area contributed by atoms with Crippen molar-refractivity contribution in [3.8, 4) is 11.1 Å². The molecule has 2 heterocycles. The quantitative estimate of drug-likeness (QED) is 0.922. The van der Waals surface area contributed by atoms with Gasteiger partial charge in [0.2, 0.25) is 0 Å². The first-order valence-corrected chi connectivity index (χ1v) is 8.11. The highest BCUT2D eigenvalue weighted by atomic mass is 16.5. The van der Waals surface area contributed by atoms with Crippen molar-refractivity contribution in [1.29, 1.82) is 0 Å². The second-order valence-corrected chi connectivity index (χ2v) is 6.04. The maximum absolute atomic E-state index is 12.3. The predicted molar refractivity (Wildman–Crippen MR) is 90.3 cm³/mol. The van der Waals surface area contributed by atoms with Gasteiger partial charge in [-0.3, -0.25) is 9.78 Å². The lowest BCUT2D eigenvalue weighted by atomic mass is 10.0. The van der Waals surface area contributed by atoms with E-state index in [1.54, 1.807) is 6.20 Å². The van der Waals surface area contributed by atoms with Gasteiger partial charge in [0, 0.05) is 37.2 Å². The highest BCUT2D eigenvalue weighted by Crippen LogP contribution is 2.21. The van der Waals surface area contributed by atoms with Crippen molar-refractivity contribution in [3.05, 3.63) is 53.9 Å². The van der Waals surface area contributed by atoms with Gasteiger partial charge in [0.1, 0.15) is 0 Å². The van der Waals surface area contributed by atoms with E-state index in [1.807, 2.05) is 43.3 Å². The number of benzene rings is 1. The summed E-state index contributed by atoms with van der Waals surface area (Å²) in [6.45, 7) is 4.34. The number of aryl methyl sites for hydroxylation is 1. The number of rotatable bonds is 5. The van der Waals surface area contributed by atoms with E-state index in [0.717, 1.165) is 42.9 Å². The smallest absolute Gasteiger partial charge is 0.251 e. The van der Waals surface area contributed by atoms with Gasteiger partial charge >= 0.3 is 0 Å². The zero-order valence-corrected chi connectivity index (χ0v) is 13.4. The molecule has 2 aromatic rings. The van der Waals surface area contributed by atoms with Gasteiger partial charge in [0.05, 0.1) is 0 Å². The number of carbonyl (C=O) groups excluding carboxylic acids is 1. The van der Waals surface area contributed by atoms with E-state index in [9.17, 15) is 4.79 Å². The Kier molecular flexibility index (Phi) is 5.03. The van der Waals surface area contributed by atoms with Crippen LogP contribution in [0.5, 0.6) is 0 Å². The number of amides is 1. The summed E-state index contributed by atoms with van der Waals surface area (Å²) in [6.07, 6.45) is 3.88. The lowest BCUT2D eigenvalue weighted by Crippen LogP contribution is -2.26. The van der Waals surface area contributed by atoms with Gasteiger partial charge < -0.3 is 10.1 Å². The standard InChI is InChI=1S/C19H22N2O2/c1-14-11-17(6-9-20-14)16-3-2-4-18(12-16)19(22)21-8-5-15-7-10-23-13-15/h2-4,6,9,11-12,15H,5,7-8,10,13H2,1H3,(H,21,22). The molecule has 0 radical (unpaired) electrons. The second kappa shape index (κ2) is 7.38. The van der Waals surface area contributed by atoms with Crippen LogP contribution in [-0.4, -0.2) is 30.6 Å². The first kappa shape index (κ1) is 15.7. The number of hydrogen-bond acceptors (Lipinski definition) is 3. The summed E-state index contributed by atoms with van der Waals surface area (Å²) < 4.78 is 5.36. The Morgan fingerprint density at radius 1 is 1.30 bits per heavy atom. The van der Waals surface area contributed by atoms with Crippen LogP contribution < -0.4 is 5.32 Å². The van der Waals surface area contributed by atoms with E-state index in [0.29, 0.717) is 18.0 Å². The predicted octanol–water partition coefficient (Wildman–Crippen LogP) is 3.21. The molecule has 4 heteroatoms. The van der Waals surface area contributed by atoms with Gasteiger partial charge in [-0.05, 0) is 61.1 Å². The largest absolute Gasteiger partial charge is 0.381 e. The number of ether oxygens (including phenoxy) is 1. The van der Waals surface area contributed by atoms with E-state index in [1.165, 1.54) is 0 Å². The monoisotopic (exact) mass is 310 g/mol. The number of carbonyl (C=O) groups is 1. The summed E-state index contributed by atoms with van der Waals surface area (Å²) in [5.41, 5.74) is 3.78. The molecule has 1 amide bonds. The Balaban J connectivity index is 1.63. The summed E-state index contributed by atoms with van der Waals surface area (Å²) in [4.78, 5) is 16.5. The Hall–Kier alpha value is -2.20. The van der Waals surface area contributed by atoms with Crippen LogP contribution in [0.3, 0.4) is 0 Å². The molecule has 1 aliphatic heterocycles. The Bertz CT molecular complexity index is 679. The van der Waals surface area contributed by atoms with Crippen LogP contribution in [0.1, 0.15) is 28.9 Å². The molecule has 1 atom stereocenters. The van der Waals surface area contributed by atoms with Crippen LogP contribution in [0.15, 0.2) is 42.6 Å². The molecule has 3 rings (SSSR count). The Morgan fingerprint density at radius 3 is 2.96 bits per heavy atom. The van der Waals surface area contributed by atoms with Crippen molar-refractivity contribution < 1.29 is 9.53 Å². The summed E-state index contributed by atoms with van der Waals surface area (Å²) >= 11 is 0. The fourth-order valence-electron chi connectivity index (χ4n) is 2.87. The molecule has 1 aromatic heterocycles. The molecule has 1 aromatic carbocycles. The summed E-state index contributed by atoms with van der Waals surface area (Å²) in [6, 6.07) is 11.7. The maximum Gasteiger partial charge on any atom is 0.251 e. The van der Waals surface area contributed by atoms with Crippen molar-refractivity contribution in [2.75, 3.05) is 19.8 Å². The number of nitrogens with one attached hydrogen (secondary N) is 1. The highest BCUT2D eigenvalue weighted by Gasteiger charge is 2.15. The second-order valence-electron chi connectivity index (χ2n) is 6.04. The van der Waals surface area contributed by atoms with Crippen molar-refractivity contribution >= 4 is 5.91 Å².